The van der Waals surface area contributed by atoms with Gasteiger partial charge in [-0.3, -0.25) is 0 Å². The molecule has 0 saturated heterocycles. The predicted molar refractivity (Wildman–Crippen MR) is 80.5 cm³/mol. The van der Waals surface area contributed by atoms with E-state index in [9.17, 15) is 0 Å². The van der Waals surface area contributed by atoms with Crippen LogP contribution in [0.2, 0.25) is 0 Å². The second-order valence-corrected chi connectivity index (χ2v) is 6.83. The lowest BCUT2D eigenvalue weighted by molar-refractivity contribution is 0.308. The average molecular weight is 277 g/mol. The highest BCUT2D eigenvalue weighted by molar-refractivity contribution is 6.20. The number of para-hydroxylation sites is 2. The first-order valence-electron chi connectivity index (χ1n) is 7.13. The van der Waals surface area contributed by atoms with Gasteiger partial charge in [0.1, 0.15) is 5.82 Å². The first kappa shape index (κ1) is 13.0. The Morgan fingerprint density at radius 3 is 2.53 bits per heavy atom. The Balaban J connectivity index is 2.08. The van der Waals surface area contributed by atoms with Crippen molar-refractivity contribution >= 4 is 22.6 Å². The molecule has 19 heavy (non-hydrogen) atoms. The number of nitrogens with zero attached hydrogens (tertiary/aromatic N) is 2. The van der Waals surface area contributed by atoms with Crippen LogP contribution in [0.4, 0.5) is 0 Å². The van der Waals surface area contributed by atoms with Gasteiger partial charge in [-0.2, -0.15) is 0 Å². The largest absolute Gasteiger partial charge is 0.326 e. The Hall–Kier alpha value is -1.02. The average Bonchev–Trinajstić information content (AvgIpc) is 3.06. The zero-order valence-electron chi connectivity index (χ0n) is 11.9. The van der Waals surface area contributed by atoms with Crippen LogP contribution < -0.4 is 0 Å². The van der Waals surface area contributed by atoms with Gasteiger partial charge in [0.2, 0.25) is 0 Å². The number of imidazole rings is 1. The molecule has 1 fully saturated rings. The molecule has 2 nitrogen and oxygen atoms in total. The molecule has 2 aromatic rings. The predicted octanol–water partition coefficient (Wildman–Crippen LogP) is 4.77. The molecule has 3 rings (SSSR count). The Morgan fingerprint density at radius 1 is 1.26 bits per heavy atom. The van der Waals surface area contributed by atoms with Gasteiger partial charge < -0.3 is 4.57 Å². The van der Waals surface area contributed by atoms with Crippen molar-refractivity contribution in [3.05, 3.63) is 30.1 Å². The number of halogens is 1. The Kier molecular flexibility index (Phi) is 3.09. The molecule has 3 heteroatoms. The topological polar surface area (TPSA) is 17.8 Å². The Bertz CT molecular complexity index is 594. The zero-order chi connectivity index (χ0) is 13.6. The molecule has 1 aliphatic carbocycles. The van der Waals surface area contributed by atoms with E-state index in [1.54, 1.807) is 0 Å². The van der Waals surface area contributed by atoms with Gasteiger partial charge in [-0.05, 0) is 43.2 Å². The molecule has 0 bridgehead atoms. The van der Waals surface area contributed by atoms with Crippen LogP contribution in [0.1, 0.15) is 44.8 Å². The summed E-state index contributed by atoms with van der Waals surface area (Å²) in [5, 5.41) is -0.0460. The van der Waals surface area contributed by atoms with Crippen LogP contribution in [0, 0.1) is 11.3 Å². The van der Waals surface area contributed by atoms with Crippen molar-refractivity contribution in [1.29, 1.82) is 0 Å². The summed E-state index contributed by atoms with van der Waals surface area (Å²) in [5.41, 5.74) is 2.74. The van der Waals surface area contributed by atoms with Crippen LogP contribution >= 0.6 is 11.6 Å². The van der Waals surface area contributed by atoms with Crippen LogP contribution in [-0.2, 0) is 6.54 Å². The summed E-state index contributed by atoms with van der Waals surface area (Å²) in [6, 6.07) is 8.35. The molecule has 0 spiro atoms. The quantitative estimate of drug-likeness (QED) is 0.736. The maximum atomic E-state index is 6.33. The van der Waals surface area contributed by atoms with Gasteiger partial charge in [-0.15, -0.1) is 11.6 Å². The minimum atomic E-state index is -0.0460. The third-order valence-corrected chi connectivity index (χ3v) is 4.83. The maximum Gasteiger partial charge on any atom is 0.127 e. The summed E-state index contributed by atoms with van der Waals surface area (Å²) < 4.78 is 2.35. The minimum absolute atomic E-state index is 0.0460. The van der Waals surface area contributed by atoms with E-state index in [0.29, 0.717) is 11.3 Å². The molecule has 1 aliphatic rings. The third-order valence-electron chi connectivity index (χ3n) is 4.63. The highest BCUT2D eigenvalue weighted by Gasteiger charge is 2.46. The highest BCUT2D eigenvalue weighted by atomic mass is 35.5. The van der Waals surface area contributed by atoms with Crippen molar-refractivity contribution in [2.24, 2.45) is 11.3 Å². The van der Waals surface area contributed by atoms with Gasteiger partial charge in [0, 0.05) is 6.54 Å². The molecule has 0 N–H and O–H groups in total. The van der Waals surface area contributed by atoms with Crippen molar-refractivity contribution < 1.29 is 0 Å². The lowest BCUT2D eigenvalue weighted by Gasteiger charge is -2.22. The number of hydrogen-bond donors (Lipinski definition) is 0. The molecular formula is C16H21ClN2. The van der Waals surface area contributed by atoms with E-state index < -0.39 is 0 Å². The zero-order valence-corrected chi connectivity index (χ0v) is 12.6. The number of hydrogen-bond acceptors (Lipinski definition) is 1. The molecule has 1 unspecified atom stereocenters. The van der Waals surface area contributed by atoms with Crippen LogP contribution in [0.15, 0.2) is 24.3 Å². The highest BCUT2D eigenvalue weighted by Crippen LogP contribution is 2.53. The normalized spacial score (nSPS) is 19.0. The smallest absolute Gasteiger partial charge is 0.127 e. The third kappa shape index (κ3) is 2.16. The number of benzene rings is 1. The van der Waals surface area contributed by atoms with Crippen molar-refractivity contribution in [3.8, 4) is 0 Å². The van der Waals surface area contributed by atoms with E-state index in [2.05, 4.69) is 36.6 Å². The molecular weight excluding hydrogens is 256 g/mol. The second kappa shape index (κ2) is 4.52. The minimum Gasteiger partial charge on any atom is -0.326 e. The summed E-state index contributed by atoms with van der Waals surface area (Å²) >= 11 is 6.33. The number of fused-ring (bicyclic) bond motifs is 1. The summed E-state index contributed by atoms with van der Waals surface area (Å²) in [5.74, 6) is 1.72. The van der Waals surface area contributed by atoms with Crippen molar-refractivity contribution in [2.75, 3.05) is 0 Å². The summed E-state index contributed by atoms with van der Waals surface area (Å²) in [6.45, 7) is 7.72. The number of aromatic nitrogens is 2. The Morgan fingerprint density at radius 2 is 1.95 bits per heavy atom. The van der Waals surface area contributed by atoms with E-state index in [0.717, 1.165) is 17.9 Å². The number of rotatable bonds is 4. The van der Waals surface area contributed by atoms with Gasteiger partial charge >= 0.3 is 0 Å². The van der Waals surface area contributed by atoms with Crippen LogP contribution in [-0.4, -0.2) is 9.55 Å². The fourth-order valence-corrected chi connectivity index (χ4v) is 3.12. The fraction of sp³-hybridized carbons (Fsp3) is 0.562. The summed E-state index contributed by atoms with van der Waals surface area (Å²) in [7, 11) is 0. The van der Waals surface area contributed by atoms with Crippen LogP contribution in [0.3, 0.4) is 0 Å². The second-order valence-electron chi connectivity index (χ2n) is 6.18. The van der Waals surface area contributed by atoms with E-state index in [-0.39, 0.29) is 5.38 Å². The molecule has 0 radical (unpaired) electrons. The van der Waals surface area contributed by atoms with E-state index in [4.69, 9.17) is 16.6 Å². The molecule has 1 saturated carbocycles. The molecule has 1 aromatic carbocycles. The van der Waals surface area contributed by atoms with Crippen molar-refractivity contribution in [3.63, 3.8) is 0 Å². The standard InChI is InChI=1S/C16H21ClN2/c1-11(2)16(8-9-16)10-19-14-7-5-4-6-13(14)18-15(19)12(3)17/h4-7,11-12H,8-10H2,1-3H3. The van der Waals surface area contributed by atoms with Gasteiger partial charge in [0.25, 0.3) is 0 Å². The van der Waals surface area contributed by atoms with Gasteiger partial charge in [-0.25, -0.2) is 4.98 Å². The molecule has 1 heterocycles. The van der Waals surface area contributed by atoms with E-state index >= 15 is 0 Å². The maximum absolute atomic E-state index is 6.33. The van der Waals surface area contributed by atoms with Crippen LogP contribution in [0.5, 0.6) is 0 Å². The fourth-order valence-electron chi connectivity index (χ4n) is 2.96. The van der Waals surface area contributed by atoms with Crippen molar-refractivity contribution in [1.82, 2.24) is 9.55 Å². The molecule has 1 aromatic heterocycles. The molecule has 0 amide bonds. The van der Waals surface area contributed by atoms with E-state index in [1.807, 2.05) is 13.0 Å². The van der Waals surface area contributed by atoms with Gasteiger partial charge in [0.05, 0.1) is 16.4 Å². The van der Waals surface area contributed by atoms with Crippen LogP contribution in [0.25, 0.3) is 11.0 Å². The number of alkyl halides is 1. The SMILES string of the molecule is CC(Cl)c1nc2ccccc2n1CC1(C(C)C)CC1. The van der Waals surface area contributed by atoms with Gasteiger partial charge in [-0.1, -0.05) is 26.0 Å². The lowest BCUT2D eigenvalue weighted by atomic mass is 9.92. The lowest BCUT2D eigenvalue weighted by Crippen LogP contribution is -2.19. The Labute approximate surface area is 119 Å². The molecule has 102 valence electrons. The monoisotopic (exact) mass is 276 g/mol. The summed E-state index contributed by atoms with van der Waals surface area (Å²) in [4.78, 5) is 4.71. The first-order chi connectivity index (χ1) is 9.03. The van der Waals surface area contributed by atoms with E-state index in [1.165, 1.54) is 18.4 Å². The molecule has 1 atom stereocenters. The summed E-state index contributed by atoms with van der Waals surface area (Å²) in [6.07, 6.45) is 2.65. The van der Waals surface area contributed by atoms with Crippen molar-refractivity contribution in [2.45, 2.75) is 45.5 Å². The molecule has 0 aliphatic heterocycles. The first-order valence-corrected chi connectivity index (χ1v) is 7.56. The van der Waals surface area contributed by atoms with Gasteiger partial charge in [0.15, 0.2) is 0 Å².